The summed E-state index contributed by atoms with van der Waals surface area (Å²) >= 11 is 0. The zero-order valence-electron chi connectivity index (χ0n) is 3.68. The van der Waals surface area contributed by atoms with E-state index >= 15 is 0 Å². The van der Waals surface area contributed by atoms with Gasteiger partial charge in [-0.3, -0.25) is 0 Å². The molecule has 0 aromatic carbocycles. The lowest BCUT2D eigenvalue weighted by Crippen LogP contribution is -1.78. The highest BCUT2D eigenvalue weighted by Gasteiger charge is 1.71. The molecule has 6 heavy (non-hydrogen) atoms. The molecule has 0 atom stereocenters. The van der Waals surface area contributed by atoms with E-state index in [9.17, 15) is 0 Å². The van der Waals surface area contributed by atoms with Crippen LogP contribution in [0, 0.1) is 0 Å². The smallest absolute Gasteiger partial charge is 0.0758 e. The van der Waals surface area contributed by atoms with E-state index < -0.39 is 0 Å². The van der Waals surface area contributed by atoms with Gasteiger partial charge in [0.05, 0.1) is 5.71 Å². The van der Waals surface area contributed by atoms with E-state index in [2.05, 4.69) is 11.7 Å². The first-order chi connectivity index (χ1) is 2.81. The van der Waals surface area contributed by atoms with E-state index in [1.54, 1.807) is 6.92 Å². The van der Waals surface area contributed by atoms with Gasteiger partial charge < -0.3 is 5.21 Å². The summed E-state index contributed by atoms with van der Waals surface area (Å²) < 4.78 is 0. The number of nitrogens with zero attached hydrogens (tertiary/aromatic N) is 1. The lowest BCUT2D eigenvalue weighted by molar-refractivity contribution is 0.319. The Balaban J connectivity index is 3.50. The summed E-state index contributed by atoms with van der Waals surface area (Å²) in [6, 6.07) is 0. The van der Waals surface area contributed by atoms with E-state index in [-0.39, 0.29) is 0 Å². The molecule has 0 heterocycles. The van der Waals surface area contributed by atoms with E-state index in [1.165, 1.54) is 6.08 Å². The van der Waals surface area contributed by atoms with Gasteiger partial charge in [0.2, 0.25) is 0 Å². The summed E-state index contributed by atoms with van der Waals surface area (Å²) in [4.78, 5) is 0. The minimum atomic E-state index is 0.537. The molecule has 0 aromatic rings. The molecular formula is C4H7NO. The van der Waals surface area contributed by atoms with Crippen LogP contribution >= 0.6 is 0 Å². The van der Waals surface area contributed by atoms with Gasteiger partial charge in [0.25, 0.3) is 0 Å². The second-order valence-corrected chi connectivity index (χ2v) is 0.946. The van der Waals surface area contributed by atoms with Crippen LogP contribution in [0.25, 0.3) is 0 Å². The Morgan fingerprint density at radius 3 is 2.50 bits per heavy atom. The Morgan fingerprint density at radius 2 is 2.50 bits per heavy atom. The highest BCUT2D eigenvalue weighted by Crippen LogP contribution is 1.69. The minimum Gasteiger partial charge on any atom is -0.411 e. The van der Waals surface area contributed by atoms with E-state index in [1.807, 2.05) is 0 Å². The van der Waals surface area contributed by atoms with Crippen molar-refractivity contribution in [2.24, 2.45) is 5.16 Å². The van der Waals surface area contributed by atoms with Gasteiger partial charge in [-0.2, -0.15) is 0 Å². The molecule has 0 aromatic heterocycles. The molecule has 0 radical (unpaired) electrons. The summed E-state index contributed by atoms with van der Waals surface area (Å²) in [6.07, 6.45) is 1.47. The molecule has 0 fully saturated rings. The van der Waals surface area contributed by atoms with Crippen LogP contribution in [0.5, 0.6) is 0 Å². The maximum absolute atomic E-state index is 7.85. The van der Waals surface area contributed by atoms with Gasteiger partial charge in [-0.25, -0.2) is 0 Å². The van der Waals surface area contributed by atoms with Crippen LogP contribution in [0.4, 0.5) is 0 Å². The molecule has 2 nitrogen and oxygen atoms in total. The van der Waals surface area contributed by atoms with Crippen molar-refractivity contribution in [1.29, 1.82) is 0 Å². The first-order valence-electron chi connectivity index (χ1n) is 1.62. The average Bonchev–Trinajstić information content (AvgIpc) is 1.65. The molecule has 0 bridgehead atoms. The normalized spacial score (nSPS) is 11.2. The Bertz CT molecular complexity index is 75.6. The third-order valence-corrected chi connectivity index (χ3v) is 0.453. The molecule has 1 N–H and O–H groups in total. The molecule has 0 aliphatic carbocycles. The quantitative estimate of drug-likeness (QED) is 0.288. The van der Waals surface area contributed by atoms with E-state index in [0.29, 0.717) is 5.71 Å². The molecule has 0 unspecified atom stereocenters. The number of oxime groups is 1. The van der Waals surface area contributed by atoms with Crippen LogP contribution in [0.1, 0.15) is 6.92 Å². The van der Waals surface area contributed by atoms with Gasteiger partial charge in [0.15, 0.2) is 0 Å². The monoisotopic (exact) mass is 85.1 g/mol. The van der Waals surface area contributed by atoms with Crippen molar-refractivity contribution < 1.29 is 5.21 Å². The third kappa shape index (κ3) is 1.52. The number of hydrogen-bond acceptors (Lipinski definition) is 2. The zero-order valence-corrected chi connectivity index (χ0v) is 3.68. The van der Waals surface area contributed by atoms with E-state index in [4.69, 9.17) is 5.21 Å². The molecule has 0 aliphatic rings. The lowest BCUT2D eigenvalue weighted by Gasteiger charge is -1.75. The third-order valence-electron chi connectivity index (χ3n) is 0.453. The second kappa shape index (κ2) is 2.45. The Morgan fingerprint density at radius 1 is 2.00 bits per heavy atom. The van der Waals surface area contributed by atoms with Crippen LogP contribution in [-0.2, 0) is 0 Å². The number of allylic oxidation sites excluding steroid dienone is 1. The summed E-state index contributed by atoms with van der Waals surface area (Å²) in [7, 11) is 0. The van der Waals surface area contributed by atoms with Crippen molar-refractivity contribution in [2.75, 3.05) is 0 Å². The van der Waals surface area contributed by atoms with E-state index in [0.717, 1.165) is 0 Å². The van der Waals surface area contributed by atoms with Crippen molar-refractivity contribution in [1.82, 2.24) is 0 Å². The van der Waals surface area contributed by atoms with Crippen LogP contribution < -0.4 is 0 Å². The highest BCUT2D eigenvalue weighted by atomic mass is 16.4. The molecule has 2 heteroatoms. The molecule has 0 spiro atoms. The number of hydrogen-bond donors (Lipinski definition) is 1. The second-order valence-electron chi connectivity index (χ2n) is 0.946. The first-order valence-corrected chi connectivity index (χ1v) is 1.62. The summed E-state index contributed by atoms with van der Waals surface area (Å²) in [5.74, 6) is 0. The van der Waals surface area contributed by atoms with Gasteiger partial charge in [-0.15, -0.1) is 0 Å². The van der Waals surface area contributed by atoms with Crippen molar-refractivity contribution in [3.63, 3.8) is 0 Å². The molecule has 0 rings (SSSR count). The Hall–Kier alpha value is -0.790. The minimum absolute atomic E-state index is 0.537. The zero-order chi connectivity index (χ0) is 4.99. The summed E-state index contributed by atoms with van der Waals surface area (Å²) in [5.41, 5.74) is 0.537. The largest absolute Gasteiger partial charge is 0.411 e. The summed E-state index contributed by atoms with van der Waals surface area (Å²) in [5, 5.41) is 10.7. The summed E-state index contributed by atoms with van der Waals surface area (Å²) in [6.45, 7) is 5.00. The van der Waals surface area contributed by atoms with Crippen molar-refractivity contribution >= 4 is 5.71 Å². The SMILES string of the molecule is C=CC(C)=NO. The first kappa shape index (κ1) is 5.21. The van der Waals surface area contributed by atoms with Crippen molar-refractivity contribution in [3.8, 4) is 0 Å². The lowest BCUT2D eigenvalue weighted by atomic mass is 10.4. The van der Waals surface area contributed by atoms with Crippen LogP contribution in [0.2, 0.25) is 0 Å². The molecule has 0 saturated carbocycles. The number of rotatable bonds is 1. The fraction of sp³-hybridized carbons (Fsp3) is 0.250. The Labute approximate surface area is 36.8 Å². The van der Waals surface area contributed by atoms with Crippen molar-refractivity contribution in [2.45, 2.75) is 6.92 Å². The molecule has 34 valence electrons. The predicted octanol–water partition coefficient (Wildman–Crippen LogP) is 1.02. The molecule has 0 saturated heterocycles. The predicted molar refractivity (Wildman–Crippen MR) is 25.1 cm³/mol. The van der Waals surface area contributed by atoms with Crippen LogP contribution in [0.15, 0.2) is 17.8 Å². The Kier molecular flexibility index (Phi) is 2.13. The van der Waals surface area contributed by atoms with Crippen molar-refractivity contribution in [3.05, 3.63) is 12.7 Å². The average molecular weight is 85.1 g/mol. The van der Waals surface area contributed by atoms with Crippen LogP contribution in [0.3, 0.4) is 0 Å². The van der Waals surface area contributed by atoms with Gasteiger partial charge >= 0.3 is 0 Å². The van der Waals surface area contributed by atoms with Gasteiger partial charge in [-0.1, -0.05) is 11.7 Å². The maximum Gasteiger partial charge on any atom is 0.0758 e. The van der Waals surface area contributed by atoms with Gasteiger partial charge in [0, 0.05) is 0 Å². The van der Waals surface area contributed by atoms with Gasteiger partial charge in [-0.05, 0) is 13.0 Å². The maximum atomic E-state index is 7.85. The molecule has 0 amide bonds. The highest BCUT2D eigenvalue weighted by molar-refractivity contribution is 5.91. The fourth-order valence-electron chi connectivity index (χ4n) is 0.0408. The molecule has 0 aliphatic heterocycles. The molecular weight excluding hydrogens is 78.0 g/mol. The standard InChI is InChI=1S/C4H7NO/c1-3-4(2)5-6/h3,6H,1H2,2H3. The fourth-order valence-corrected chi connectivity index (χ4v) is 0.0408. The van der Waals surface area contributed by atoms with Gasteiger partial charge in [0.1, 0.15) is 0 Å². The topological polar surface area (TPSA) is 32.6 Å². The van der Waals surface area contributed by atoms with Crippen LogP contribution in [-0.4, -0.2) is 10.9 Å².